The zero-order chi connectivity index (χ0) is 7.56. The molecule has 0 aromatic heterocycles. The summed E-state index contributed by atoms with van der Waals surface area (Å²) in [7, 11) is 0. The lowest BCUT2D eigenvalue weighted by Crippen LogP contribution is -1.83. The summed E-state index contributed by atoms with van der Waals surface area (Å²) >= 11 is 0. The van der Waals surface area contributed by atoms with Crippen molar-refractivity contribution in [3.63, 3.8) is 0 Å². The molecule has 0 spiro atoms. The highest BCUT2D eigenvalue weighted by Gasteiger charge is 2.15. The second-order valence-corrected chi connectivity index (χ2v) is 3.59. The van der Waals surface area contributed by atoms with Gasteiger partial charge < -0.3 is 0 Å². The Morgan fingerprint density at radius 2 is 2.30 bits per heavy atom. The summed E-state index contributed by atoms with van der Waals surface area (Å²) in [5.41, 5.74) is 3.39. The maximum absolute atomic E-state index is 2.36. The van der Waals surface area contributed by atoms with E-state index < -0.39 is 0 Å². The van der Waals surface area contributed by atoms with Crippen LogP contribution in [0.3, 0.4) is 0 Å². The largest absolute Gasteiger partial charge is 0.0744 e. The highest BCUT2D eigenvalue weighted by atomic mass is 14.2. The summed E-state index contributed by atoms with van der Waals surface area (Å²) in [4.78, 5) is 0. The predicted molar refractivity (Wildman–Crippen MR) is 46.0 cm³/mol. The number of hydrogen-bond acceptors (Lipinski definition) is 0. The van der Waals surface area contributed by atoms with Gasteiger partial charge in [0.2, 0.25) is 0 Å². The zero-order valence-electron chi connectivity index (χ0n) is 7.41. The van der Waals surface area contributed by atoms with Gasteiger partial charge in [-0.15, -0.1) is 0 Å². The second kappa shape index (κ2) is 3.23. The second-order valence-electron chi connectivity index (χ2n) is 3.59. The Kier molecular flexibility index (Phi) is 2.53. The van der Waals surface area contributed by atoms with E-state index in [1.54, 1.807) is 11.1 Å². The Labute approximate surface area is 64.3 Å². The van der Waals surface area contributed by atoms with E-state index in [2.05, 4.69) is 20.8 Å². The molecule has 0 saturated heterocycles. The lowest BCUT2D eigenvalue weighted by atomic mass is 10.1. The predicted octanol–water partition coefficient (Wildman–Crippen LogP) is 3.53. The Balaban J connectivity index is 2.58. The van der Waals surface area contributed by atoms with Gasteiger partial charge in [-0.3, -0.25) is 0 Å². The first kappa shape index (κ1) is 7.84. The van der Waals surface area contributed by atoms with Gasteiger partial charge in [0.1, 0.15) is 0 Å². The van der Waals surface area contributed by atoms with Crippen LogP contribution in [0.4, 0.5) is 0 Å². The molecule has 1 aliphatic rings. The summed E-state index contributed by atoms with van der Waals surface area (Å²) in [6.45, 7) is 6.90. The van der Waals surface area contributed by atoms with Gasteiger partial charge in [-0.1, -0.05) is 25.0 Å². The van der Waals surface area contributed by atoms with Gasteiger partial charge in [0.05, 0.1) is 0 Å². The van der Waals surface area contributed by atoms with E-state index >= 15 is 0 Å². The fourth-order valence-corrected chi connectivity index (χ4v) is 1.68. The normalized spacial score (nSPS) is 30.9. The summed E-state index contributed by atoms with van der Waals surface area (Å²) in [6, 6.07) is 0. The molecule has 1 saturated carbocycles. The molecule has 0 nitrogen and oxygen atoms in total. The van der Waals surface area contributed by atoms with Crippen LogP contribution in [0.1, 0.15) is 46.5 Å². The van der Waals surface area contributed by atoms with Gasteiger partial charge in [-0.25, -0.2) is 0 Å². The Bertz CT molecular complexity index is 142. The molecular formula is C10H18. The van der Waals surface area contributed by atoms with Crippen molar-refractivity contribution in [2.45, 2.75) is 46.5 Å². The van der Waals surface area contributed by atoms with Crippen LogP contribution in [-0.2, 0) is 0 Å². The molecule has 0 amide bonds. The van der Waals surface area contributed by atoms with E-state index in [4.69, 9.17) is 0 Å². The topological polar surface area (TPSA) is 0 Å². The molecule has 1 unspecified atom stereocenters. The molecule has 10 heavy (non-hydrogen) atoms. The molecule has 1 rings (SSSR count). The van der Waals surface area contributed by atoms with E-state index in [9.17, 15) is 0 Å². The first-order chi connectivity index (χ1) is 4.74. The van der Waals surface area contributed by atoms with Crippen molar-refractivity contribution >= 4 is 0 Å². The van der Waals surface area contributed by atoms with Gasteiger partial charge in [-0.2, -0.15) is 0 Å². The lowest BCUT2D eigenvalue weighted by Gasteiger charge is -2.01. The third kappa shape index (κ3) is 1.62. The van der Waals surface area contributed by atoms with Crippen LogP contribution in [0.15, 0.2) is 11.1 Å². The summed E-state index contributed by atoms with van der Waals surface area (Å²) in [5.74, 6) is 0.955. The van der Waals surface area contributed by atoms with Crippen LogP contribution in [0.5, 0.6) is 0 Å². The Hall–Kier alpha value is -0.260. The molecule has 0 N–H and O–H groups in total. The standard InChI is InChI=1S/C10H18/c1-4-9(3)10-6-5-8(2)7-10/h8H,4-7H2,1-3H3. The van der Waals surface area contributed by atoms with Crippen LogP contribution >= 0.6 is 0 Å². The molecule has 58 valence electrons. The minimum atomic E-state index is 0.955. The fraction of sp³-hybridized carbons (Fsp3) is 0.800. The third-order valence-electron chi connectivity index (χ3n) is 2.67. The quantitative estimate of drug-likeness (QED) is 0.486. The average Bonchev–Trinajstić information content (AvgIpc) is 2.34. The first-order valence-corrected chi connectivity index (χ1v) is 4.41. The maximum atomic E-state index is 2.36. The average molecular weight is 138 g/mol. The third-order valence-corrected chi connectivity index (χ3v) is 2.67. The molecule has 0 aromatic rings. The molecule has 0 bridgehead atoms. The van der Waals surface area contributed by atoms with Crippen LogP contribution < -0.4 is 0 Å². The molecule has 0 aliphatic heterocycles. The molecule has 0 heterocycles. The van der Waals surface area contributed by atoms with E-state index in [0.717, 1.165) is 5.92 Å². The van der Waals surface area contributed by atoms with Gasteiger partial charge in [0.15, 0.2) is 0 Å². The van der Waals surface area contributed by atoms with Gasteiger partial charge in [0.25, 0.3) is 0 Å². The minimum Gasteiger partial charge on any atom is -0.0744 e. The molecule has 0 aromatic carbocycles. The monoisotopic (exact) mass is 138 g/mol. The van der Waals surface area contributed by atoms with Gasteiger partial charge in [-0.05, 0) is 38.5 Å². The fourth-order valence-electron chi connectivity index (χ4n) is 1.68. The van der Waals surface area contributed by atoms with Crippen molar-refractivity contribution in [3.05, 3.63) is 11.1 Å². The van der Waals surface area contributed by atoms with Crippen molar-refractivity contribution in [2.75, 3.05) is 0 Å². The summed E-state index contributed by atoms with van der Waals surface area (Å²) in [6.07, 6.45) is 5.43. The Morgan fingerprint density at radius 1 is 1.60 bits per heavy atom. The molecule has 0 radical (unpaired) electrons. The number of allylic oxidation sites excluding steroid dienone is 2. The van der Waals surface area contributed by atoms with Crippen LogP contribution in [0.2, 0.25) is 0 Å². The maximum Gasteiger partial charge on any atom is -0.0292 e. The highest BCUT2D eigenvalue weighted by molar-refractivity contribution is 5.15. The first-order valence-electron chi connectivity index (χ1n) is 4.41. The zero-order valence-corrected chi connectivity index (χ0v) is 7.41. The SMILES string of the molecule is CCC(C)=C1CCC(C)C1. The van der Waals surface area contributed by atoms with Gasteiger partial charge in [0, 0.05) is 0 Å². The molecule has 0 heteroatoms. The summed E-state index contributed by atoms with van der Waals surface area (Å²) in [5, 5.41) is 0. The van der Waals surface area contributed by atoms with E-state index in [1.807, 2.05) is 0 Å². The smallest absolute Gasteiger partial charge is 0.0292 e. The van der Waals surface area contributed by atoms with E-state index in [-0.39, 0.29) is 0 Å². The van der Waals surface area contributed by atoms with Crippen LogP contribution in [-0.4, -0.2) is 0 Å². The van der Waals surface area contributed by atoms with E-state index in [0.29, 0.717) is 0 Å². The molecular weight excluding hydrogens is 120 g/mol. The Morgan fingerprint density at radius 3 is 2.70 bits per heavy atom. The molecule has 1 fully saturated rings. The van der Waals surface area contributed by atoms with Crippen molar-refractivity contribution in [1.82, 2.24) is 0 Å². The van der Waals surface area contributed by atoms with Crippen molar-refractivity contribution in [1.29, 1.82) is 0 Å². The van der Waals surface area contributed by atoms with Gasteiger partial charge >= 0.3 is 0 Å². The van der Waals surface area contributed by atoms with Crippen LogP contribution in [0.25, 0.3) is 0 Å². The minimum absolute atomic E-state index is 0.955. The van der Waals surface area contributed by atoms with Crippen LogP contribution in [0, 0.1) is 5.92 Å². The number of hydrogen-bond donors (Lipinski definition) is 0. The van der Waals surface area contributed by atoms with Crippen molar-refractivity contribution in [2.24, 2.45) is 5.92 Å². The molecule has 1 aliphatic carbocycles. The lowest BCUT2D eigenvalue weighted by molar-refractivity contribution is 0.619. The van der Waals surface area contributed by atoms with E-state index in [1.165, 1.54) is 25.7 Å². The molecule has 1 atom stereocenters. The summed E-state index contributed by atoms with van der Waals surface area (Å²) < 4.78 is 0. The van der Waals surface area contributed by atoms with Crippen molar-refractivity contribution < 1.29 is 0 Å². The number of rotatable bonds is 1. The highest BCUT2D eigenvalue weighted by Crippen LogP contribution is 2.32. The van der Waals surface area contributed by atoms with Crippen molar-refractivity contribution in [3.8, 4) is 0 Å².